The monoisotopic (exact) mass is 513 g/mol. The lowest BCUT2D eigenvalue weighted by Gasteiger charge is -2.41. The van der Waals surface area contributed by atoms with Crippen LogP contribution < -0.4 is 5.32 Å². The summed E-state index contributed by atoms with van der Waals surface area (Å²) in [7, 11) is 1.56. The van der Waals surface area contributed by atoms with Gasteiger partial charge in [-0.1, -0.05) is 43.3 Å². The molecule has 1 N–H and O–H groups in total. The molecule has 1 amide bonds. The van der Waals surface area contributed by atoms with E-state index in [0.29, 0.717) is 37.2 Å². The summed E-state index contributed by atoms with van der Waals surface area (Å²) in [5, 5.41) is 12.6. The van der Waals surface area contributed by atoms with Gasteiger partial charge >= 0.3 is 6.18 Å². The lowest BCUT2D eigenvalue weighted by molar-refractivity contribution is -0.140. The average Bonchev–Trinajstić information content (AvgIpc) is 3.26. The number of fused-ring (bicyclic) bond motifs is 1. The second-order valence-corrected chi connectivity index (χ2v) is 8.91. The normalized spacial score (nSPS) is 16.6. The molecule has 0 unspecified atom stereocenters. The first-order valence-electron chi connectivity index (χ1n) is 12.1. The largest absolute Gasteiger partial charge is 0.419 e. The number of nitrogens with zero attached hydrogens (tertiary/aromatic N) is 4. The van der Waals surface area contributed by atoms with Gasteiger partial charge in [-0.05, 0) is 36.1 Å². The third-order valence-corrected chi connectivity index (χ3v) is 6.79. The molecule has 4 rings (SSSR count). The van der Waals surface area contributed by atoms with Crippen LogP contribution in [0.4, 0.5) is 17.6 Å². The van der Waals surface area contributed by atoms with Crippen LogP contribution in [0.5, 0.6) is 0 Å². The summed E-state index contributed by atoms with van der Waals surface area (Å²) in [6.07, 6.45) is -3.58. The van der Waals surface area contributed by atoms with Crippen LogP contribution in [0.1, 0.15) is 59.3 Å². The topological polar surface area (TPSA) is 74.0 Å². The zero-order valence-electron chi connectivity index (χ0n) is 20.5. The highest BCUT2D eigenvalue weighted by Gasteiger charge is 2.39. The molecule has 2 atom stereocenters. The Kier molecular flexibility index (Phi) is 7.64. The SMILES string of the molecule is CCc1nc(C#N)c2n1CCN([C@@H](C(=O)NC)c1ccccc1)[C@H]2CCc1ccc(C(F)(F)F)c(F)c1. The molecule has 0 fully saturated rings. The van der Waals surface area contributed by atoms with Crippen LogP contribution in [-0.2, 0) is 30.4 Å². The number of amides is 1. The molecule has 37 heavy (non-hydrogen) atoms. The summed E-state index contributed by atoms with van der Waals surface area (Å²) in [6.45, 7) is 2.96. The van der Waals surface area contributed by atoms with Crippen LogP contribution in [-0.4, -0.2) is 34.0 Å². The van der Waals surface area contributed by atoms with E-state index in [0.717, 1.165) is 23.5 Å². The van der Waals surface area contributed by atoms with E-state index in [4.69, 9.17) is 0 Å². The number of imidazole rings is 1. The standard InChI is InChI=1S/C27H27F4N5O/c1-3-23-34-21(16-32)25-22(12-10-17-9-11-19(20(28)15-17)27(29,30)31)35(13-14-36(23)25)24(26(37)33-2)18-7-5-4-6-8-18/h4-9,11,15,22,24H,3,10,12-14H2,1-2H3,(H,33,37)/t22-,24+/m0/s1. The van der Waals surface area contributed by atoms with E-state index in [2.05, 4.69) is 16.4 Å². The Morgan fingerprint density at radius 3 is 2.54 bits per heavy atom. The van der Waals surface area contributed by atoms with Crippen LogP contribution in [0.25, 0.3) is 0 Å². The van der Waals surface area contributed by atoms with E-state index in [1.54, 1.807) is 7.05 Å². The summed E-state index contributed by atoms with van der Waals surface area (Å²) in [5.41, 5.74) is 0.788. The Bertz CT molecular complexity index is 1310. The van der Waals surface area contributed by atoms with Gasteiger partial charge in [0.2, 0.25) is 5.91 Å². The summed E-state index contributed by atoms with van der Waals surface area (Å²) in [6, 6.07) is 13.2. The maximum absolute atomic E-state index is 14.3. The summed E-state index contributed by atoms with van der Waals surface area (Å²) in [4.78, 5) is 19.7. The number of carbonyl (C=O) groups excluding carboxylic acids is 1. The van der Waals surface area contributed by atoms with Gasteiger partial charge in [0.1, 0.15) is 23.8 Å². The van der Waals surface area contributed by atoms with E-state index in [9.17, 15) is 27.6 Å². The molecule has 6 nitrogen and oxygen atoms in total. The Balaban J connectivity index is 1.75. The Morgan fingerprint density at radius 1 is 1.22 bits per heavy atom. The molecule has 0 bridgehead atoms. The number of rotatable bonds is 7. The predicted octanol–water partition coefficient (Wildman–Crippen LogP) is 4.95. The van der Waals surface area contributed by atoms with Gasteiger partial charge in [-0.15, -0.1) is 0 Å². The van der Waals surface area contributed by atoms with Gasteiger partial charge in [-0.2, -0.15) is 18.4 Å². The first-order chi connectivity index (χ1) is 17.7. The van der Waals surface area contributed by atoms with E-state index in [-0.39, 0.29) is 18.0 Å². The van der Waals surface area contributed by atoms with Crippen molar-refractivity contribution in [1.29, 1.82) is 5.26 Å². The van der Waals surface area contributed by atoms with Crippen molar-refractivity contribution in [3.63, 3.8) is 0 Å². The number of nitrogens with one attached hydrogen (secondary N) is 1. The molecule has 2 aromatic carbocycles. The van der Waals surface area contributed by atoms with E-state index >= 15 is 0 Å². The lowest BCUT2D eigenvalue weighted by Crippen LogP contribution is -2.46. The van der Waals surface area contributed by atoms with Gasteiger partial charge in [-0.25, -0.2) is 9.37 Å². The van der Waals surface area contributed by atoms with Crippen molar-refractivity contribution < 1.29 is 22.4 Å². The molecule has 2 heterocycles. The van der Waals surface area contributed by atoms with Gasteiger partial charge in [0, 0.05) is 26.6 Å². The smallest absolute Gasteiger partial charge is 0.358 e. The van der Waals surface area contributed by atoms with Crippen LogP contribution >= 0.6 is 0 Å². The molecular weight excluding hydrogens is 486 g/mol. The Hall–Kier alpha value is -3.71. The fourth-order valence-corrected chi connectivity index (χ4v) is 5.11. The van der Waals surface area contributed by atoms with Gasteiger partial charge in [0.15, 0.2) is 5.69 Å². The minimum absolute atomic E-state index is 0.223. The van der Waals surface area contributed by atoms with Crippen molar-refractivity contribution in [3.05, 3.63) is 88.3 Å². The molecule has 0 aliphatic carbocycles. The zero-order chi connectivity index (χ0) is 26.7. The van der Waals surface area contributed by atoms with Crippen molar-refractivity contribution in [2.45, 2.75) is 51.0 Å². The number of halogens is 4. The summed E-state index contributed by atoms with van der Waals surface area (Å²) >= 11 is 0. The van der Waals surface area contributed by atoms with Crippen LogP contribution in [0.3, 0.4) is 0 Å². The number of likely N-dealkylation sites (N-methyl/N-ethyl adjacent to an activating group) is 1. The van der Waals surface area contributed by atoms with Crippen LogP contribution in [0.2, 0.25) is 0 Å². The molecule has 1 aliphatic heterocycles. The van der Waals surface area contributed by atoms with E-state index in [1.165, 1.54) is 6.07 Å². The minimum atomic E-state index is -4.77. The fraction of sp³-hybridized carbons (Fsp3) is 0.370. The second-order valence-electron chi connectivity index (χ2n) is 8.91. The molecular formula is C27H27F4N5O. The molecule has 10 heteroatoms. The van der Waals surface area contributed by atoms with Crippen molar-refractivity contribution >= 4 is 5.91 Å². The van der Waals surface area contributed by atoms with Crippen molar-refractivity contribution in [2.75, 3.05) is 13.6 Å². The highest BCUT2D eigenvalue weighted by molar-refractivity contribution is 5.83. The molecule has 194 valence electrons. The maximum atomic E-state index is 14.3. The number of nitriles is 1. The molecule has 0 saturated heterocycles. The first-order valence-corrected chi connectivity index (χ1v) is 12.1. The predicted molar refractivity (Wildman–Crippen MR) is 129 cm³/mol. The fourth-order valence-electron chi connectivity index (χ4n) is 5.11. The zero-order valence-corrected chi connectivity index (χ0v) is 20.5. The highest BCUT2D eigenvalue weighted by Crippen LogP contribution is 2.39. The molecule has 3 aromatic rings. The van der Waals surface area contributed by atoms with E-state index < -0.39 is 29.6 Å². The molecule has 0 spiro atoms. The number of hydrogen-bond donors (Lipinski definition) is 1. The molecule has 0 saturated carbocycles. The summed E-state index contributed by atoms with van der Waals surface area (Å²) < 4.78 is 55.3. The van der Waals surface area contributed by atoms with Crippen molar-refractivity contribution in [3.8, 4) is 6.07 Å². The number of aryl methyl sites for hydroxylation is 2. The number of carbonyl (C=O) groups is 1. The lowest BCUT2D eigenvalue weighted by atomic mass is 9.94. The maximum Gasteiger partial charge on any atom is 0.419 e. The number of benzene rings is 2. The summed E-state index contributed by atoms with van der Waals surface area (Å²) in [5.74, 6) is -0.791. The van der Waals surface area contributed by atoms with Crippen LogP contribution in [0, 0.1) is 17.1 Å². The highest BCUT2D eigenvalue weighted by atomic mass is 19.4. The number of alkyl halides is 3. The molecule has 1 aliphatic rings. The third-order valence-electron chi connectivity index (χ3n) is 6.79. The molecule has 1 aromatic heterocycles. The minimum Gasteiger partial charge on any atom is -0.358 e. The average molecular weight is 514 g/mol. The number of aromatic nitrogens is 2. The van der Waals surface area contributed by atoms with Gasteiger partial charge in [0.05, 0.1) is 17.3 Å². The Morgan fingerprint density at radius 2 is 1.95 bits per heavy atom. The third kappa shape index (κ3) is 5.23. The van der Waals surface area contributed by atoms with Gasteiger partial charge in [0.25, 0.3) is 0 Å². The second kappa shape index (κ2) is 10.7. The van der Waals surface area contributed by atoms with Crippen molar-refractivity contribution in [2.24, 2.45) is 0 Å². The van der Waals surface area contributed by atoms with Crippen molar-refractivity contribution in [1.82, 2.24) is 19.8 Å². The van der Waals surface area contributed by atoms with Gasteiger partial charge in [-0.3, -0.25) is 9.69 Å². The van der Waals surface area contributed by atoms with Gasteiger partial charge < -0.3 is 9.88 Å². The Labute approximate surface area is 212 Å². The quantitative estimate of drug-likeness (QED) is 0.454. The number of hydrogen-bond acceptors (Lipinski definition) is 4. The van der Waals surface area contributed by atoms with Crippen LogP contribution in [0.15, 0.2) is 48.5 Å². The first kappa shape index (κ1) is 26.4. The van der Waals surface area contributed by atoms with E-state index in [1.807, 2.05) is 46.7 Å². The molecule has 0 radical (unpaired) electrons.